The quantitative estimate of drug-likeness (QED) is 0.401. The Kier molecular flexibility index (Phi) is 10.4. The molecule has 5 heteroatoms. The molecule has 0 amide bonds. The number of hydrogen-bond donors (Lipinski definition) is 1. The van der Waals surface area contributed by atoms with Gasteiger partial charge in [-0.15, -0.1) is 0 Å². The van der Waals surface area contributed by atoms with Crippen LogP contribution in [0.4, 0.5) is 0 Å². The van der Waals surface area contributed by atoms with E-state index in [4.69, 9.17) is 14.2 Å². The summed E-state index contributed by atoms with van der Waals surface area (Å²) in [6.07, 6.45) is 3.30. The molecule has 0 saturated carbocycles. The van der Waals surface area contributed by atoms with Crippen molar-refractivity contribution in [1.82, 2.24) is 5.32 Å². The van der Waals surface area contributed by atoms with Crippen molar-refractivity contribution < 1.29 is 14.2 Å². The average Bonchev–Trinajstić information content (AvgIpc) is 2.69. The van der Waals surface area contributed by atoms with Crippen LogP contribution in [-0.4, -0.2) is 26.9 Å². The van der Waals surface area contributed by atoms with E-state index in [1.807, 2.05) is 12.1 Å². The van der Waals surface area contributed by atoms with E-state index in [1.54, 1.807) is 7.11 Å². The zero-order valence-corrected chi connectivity index (χ0v) is 18.8. The van der Waals surface area contributed by atoms with Crippen LogP contribution >= 0.6 is 15.9 Å². The summed E-state index contributed by atoms with van der Waals surface area (Å²) in [5.74, 6) is 1.53. The number of ether oxygens (including phenoxy) is 3. The predicted octanol–water partition coefficient (Wildman–Crippen LogP) is 5.64. The monoisotopic (exact) mass is 449 g/mol. The number of benzene rings is 2. The topological polar surface area (TPSA) is 39.7 Å². The highest BCUT2D eigenvalue weighted by atomic mass is 79.9. The third-order valence-corrected chi connectivity index (χ3v) is 5.18. The van der Waals surface area contributed by atoms with Crippen LogP contribution in [0.25, 0.3) is 0 Å². The first-order valence-corrected chi connectivity index (χ1v) is 10.8. The van der Waals surface area contributed by atoms with Gasteiger partial charge in [-0.25, -0.2) is 0 Å². The standard InChI is InChI=1S/C23H32BrNO3/c1-4-5-13-27-14-7-12-25-16-20-21(24)10-11-22(26-3)23(20)28-17-19-9-6-8-18(2)15-19/h6,8-11,15,25H,4-5,7,12-14,16-17H2,1-3H3. The third kappa shape index (κ3) is 7.46. The van der Waals surface area contributed by atoms with E-state index < -0.39 is 0 Å². The SMILES string of the molecule is CCCCOCCCNCc1c(Br)ccc(OC)c1OCc1cccc(C)c1. The van der Waals surface area contributed by atoms with Crippen LogP contribution in [0.2, 0.25) is 0 Å². The van der Waals surface area contributed by atoms with Crippen LogP contribution < -0.4 is 14.8 Å². The Bertz CT molecular complexity index is 721. The highest BCUT2D eigenvalue weighted by Gasteiger charge is 2.14. The Labute approximate surface area is 177 Å². The van der Waals surface area contributed by atoms with E-state index >= 15 is 0 Å². The number of aryl methyl sites for hydroxylation is 1. The summed E-state index contributed by atoms with van der Waals surface area (Å²) in [5.41, 5.74) is 3.44. The Morgan fingerprint density at radius 1 is 1.07 bits per heavy atom. The number of nitrogens with one attached hydrogen (secondary N) is 1. The van der Waals surface area contributed by atoms with Gasteiger partial charge in [-0.1, -0.05) is 59.1 Å². The number of halogens is 1. The minimum atomic E-state index is 0.507. The predicted molar refractivity (Wildman–Crippen MR) is 118 cm³/mol. The molecular weight excluding hydrogens is 418 g/mol. The molecule has 2 aromatic rings. The first-order valence-electron chi connectivity index (χ1n) is 9.97. The molecule has 0 aliphatic carbocycles. The lowest BCUT2D eigenvalue weighted by atomic mass is 10.1. The molecule has 0 aromatic heterocycles. The van der Waals surface area contributed by atoms with Gasteiger partial charge in [0.25, 0.3) is 0 Å². The smallest absolute Gasteiger partial charge is 0.167 e. The second-order valence-electron chi connectivity index (χ2n) is 6.83. The molecule has 0 saturated heterocycles. The van der Waals surface area contributed by atoms with Crippen molar-refractivity contribution >= 4 is 15.9 Å². The van der Waals surface area contributed by atoms with Crippen LogP contribution in [0.1, 0.15) is 42.9 Å². The summed E-state index contributed by atoms with van der Waals surface area (Å²) in [4.78, 5) is 0. The zero-order valence-electron chi connectivity index (χ0n) is 17.2. The molecule has 1 N–H and O–H groups in total. The number of methoxy groups -OCH3 is 1. The van der Waals surface area contributed by atoms with Gasteiger partial charge in [0.2, 0.25) is 0 Å². The first kappa shape index (κ1) is 22.7. The van der Waals surface area contributed by atoms with Crippen molar-refractivity contribution in [2.45, 2.75) is 46.3 Å². The van der Waals surface area contributed by atoms with Gasteiger partial charge >= 0.3 is 0 Å². The first-order chi connectivity index (χ1) is 13.7. The second kappa shape index (κ2) is 12.8. The third-order valence-electron chi connectivity index (χ3n) is 4.44. The lowest BCUT2D eigenvalue weighted by Gasteiger charge is -2.17. The van der Waals surface area contributed by atoms with E-state index in [1.165, 1.54) is 12.0 Å². The van der Waals surface area contributed by atoms with Gasteiger partial charge in [0.05, 0.1) is 7.11 Å². The van der Waals surface area contributed by atoms with E-state index in [2.05, 4.69) is 59.4 Å². The number of rotatable bonds is 13. The Morgan fingerprint density at radius 2 is 1.89 bits per heavy atom. The fourth-order valence-corrected chi connectivity index (χ4v) is 3.34. The minimum absolute atomic E-state index is 0.507. The highest BCUT2D eigenvalue weighted by Crippen LogP contribution is 2.36. The largest absolute Gasteiger partial charge is 0.493 e. The van der Waals surface area contributed by atoms with Crippen molar-refractivity contribution in [2.24, 2.45) is 0 Å². The molecule has 0 heterocycles. The molecule has 154 valence electrons. The van der Waals surface area contributed by atoms with Gasteiger partial charge in [-0.2, -0.15) is 0 Å². The van der Waals surface area contributed by atoms with Crippen LogP contribution in [0.15, 0.2) is 40.9 Å². The van der Waals surface area contributed by atoms with Gasteiger partial charge in [-0.05, 0) is 44.0 Å². The molecule has 0 atom stereocenters. The highest BCUT2D eigenvalue weighted by molar-refractivity contribution is 9.10. The Morgan fingerprint density at radius 3 is 2.64 bits per heavy atom. The molecule has 0 aliphatic rings. The van der Waals surface area contributed by atoms with E-state index in [-0.39, 0.29) is 0 Å². The molecule has 0 unspecified atom stereocenters. The maximum atomic E-state index is 6.18. The van der Waals surface area contributed by atoms with Crippen LogP contribution in [0, 0.1) is 6.92 Å². The molecule has 28 heavy (non-hydrogen) atoms. The zero-order chi connectivity index (χ0) is 20.2. The Balaban J connectivity index is 1.94. The van der Waals surface area contributed by atoms with Crippen molar-refractivity contribution in [3.63, 3.8) is 0 Å². The molecule has 2 rings (SSSR count). The van der Waals surface area contributed by atoms with E-state index in [0.29, 0.717) is 13.2 Å². The van der Waals surface area contributed by atoms with E-state index in [0.717, 1.165) is 59.7 Å². The summed E-state index contributed by atoms with van der Waals surface area (Å²) >= 11 is 3.66. The van der Waals surface area contributed by atoms with Crippen molar-refractivity contribution in [1.29, 1.82) is 0 Å². The Hall–Kier alpha value is -1.56. The van der Waals surface area contributed by atoms with Crippen LogP contribution in [-0.2, 0) is 17.9 Å². The lowest BCUT2D eigenvalue weighted by molar-refractivity contribution is 0.128. The minimum Gasteiger partial charge on any atom is -0.493 e. The summed E-state index contributed by atoms with van der Waals surface area (Å²) < 4.78 is 18.4. The van der Waals surface area contributed by atoms with Crippen molar-refractivity contribution in [2.75, 3.05) is 26.9 Å². The normalized spacial score (nSPS) is 10.9. The molecule has 4 nitrogen and oxygen atoms in total. The maximum Gasteiger partial charge on any atom is 0.167 e. The van der Waals surface area contributed by atoms with Gasteiger partial charge in [0.15, 0.2) is 11.5 Å². The number of hydrogen-bond acceptors (Lipinski definition) is 4. The summed E-state index contributed by atoms with van der Waals surface area (Å²) in [6.45, 7) is 8.02. The summed E-state index contributed by atoms with van der Waals surface area (Å²) in [5, 5.41) is 3.49. The molecule has 0 fully saturated rings. The molecule has 0 aliphatic heterocycles. The fourth-order valence-electron chi connectivity index (χ4n) is 2.88. The molecule has 0 bridgehead atoms. The second-order valence-corrected chi connectivity index (χ2v) is 7.69. The van der Waals surface area contributed by atoms with Crippen molar-refractivity contribution in [3.05, 3.63) is 57.6 Å². The van der Waals surface area contributed by atoms with Gasteiger partial charge < -0.3 is 19.5 Å². The molecule has 2 aromatic carbocycles. The van der Waals surface area contributed by atoms with Crippen molar-refractivity contribution in [3.8, 4) is 11.5 Å². The van der Waals surface area contributed by atoms with Gasteiger partial charge in [0, 0.05) is 29.8 Å². The maximum absolute atomic E-state index is 6.18. The fraction of sp³-hybridized carbons (Fsp3) is 0.478. The van der Waals surface area contributed by atoms with Crippen LogP contribution in [0.5, 0.6) is 11.5 Å². The molecular formula is C23H32BrNO3. The molecule has 0 spiro atoms. The summed E-state index contributed by atoms with van der Waals surface area (Å²) in [6, 6.07) is 12.3. The van der Waals surface area contributed by atoms with Gasteiger partial charge in [0.1, 0.15) is 6.61 Å². The number of unbranched alkanes of at least 4 members (excludes halogenated alkanes) is 1. The van der Waals surface area contributed by atoms with Crippen LogP contribution in [0.3, 0.4) is 0 Å². The van der Waals surface area contributed by atoms with E-state index in [9.17, 15) is 0 Å². The average molecular weight is 450 g/mol. The lowest BCUT2D eigenvalue weighted by Crippen LogP contribution is -2.18. The molecule has 0 radical (unpaired) electrons. The van der Waals surface area contributed by atoms with Gasteiger partial charge in [-0.3, -0.25) is 0 Å². The summed E-state index contributed by atoms with van der Waals surface area (Å²) in [7, 11) is 1.67.